The second kappa shape index (κ2) is 3.65. The highest BCUT2D eigenvalue weighted by atomic mass is 35.5. The lowest BCUT2D eigenvalue weighted by Crippen LogP contribution is -2.17. The van der Waals surface area contributed by atoms with Crippen molar-refractivity contribution in [1.82, 2.24) is 19.6 Å². The molecule has 3 rings (SSSR count). The molecule has 0 aliphatic rings. The smallest absolute Gasteiger partial charge is 0.317 e. The van der Waals surface area contributed by atoms with Crippen LogP contribution in [0.25, 0.3) is 16.7 Å². The Bertz CT molecular complexity index is 953. The van der Waals surface area contributed by atoms with Crippen molar-refractivity contribution in [3.8, 4) is 0 Å². The van der Waals surface area contributed by atoms with Gasteiger partial charge < -0.3 is 4.98 Å². The lowest BCUT2D eigenvalue weighted by molar-refractivity contribution is -0.384. The monoisotopic (exact) mass is 281 g/mol. The molecule has 0 saturated carbocycles. The van der Waals surface area contributed by atoms with Crippen molar-refractivity contribution >= 4 is 34.0 Å². The van der Waals surface area contributed by atoms with E-state index in [1.54, 1.807) is 0 Å². The largest absolute Gasteiger partial charge is 0.348 e. The molecule has 2 heterocycles. The molecule has 0 spiro atoms. The van der Waals surface area contributed by atoms with Gasteiger partial charge in [0.25, 0.3) is 11.2 Å². The Balaban J connectivity index is 2.61. The van der Waals surface area contributed by atoms with Gasteiger partial charge in [-0.3, -0.25) is 14.9 Å². The van der Waals surface area contributed by atoms with E-state index in [-0.39, 0.29) is 27.4 Å². The Hall–Kier alpha value is -2.68. The quantitative estimate of drug-likeness (QED) is 0.494. The number of aromatic nitrogens is 4. The van der Waals surface area contributed by atoms with Gasteiger partial charge in [0.05, 0.1) is 16.0 Å². The SMILES string of the molecule is O=c1[nH]c2cc([N+](=O)[O-])c(Cl)cc2n2c(=O)[nH]nc12. The number of nitrogens with one attached hydrogen (secondary N) is 2. The van der Waals surface area contributed by atoms with Crippen molar-refractivity contribution in [3.05, 3.63) is 48.1 Å². The van der Waals surface area contributed by atoms with Gasteiger partial charge in [0.2, 0.25) is 5.65 Å². The molecule has 0 radical (unpaired) electrons. The van der Waals surface area contributed by atoms with E-state index in [1.165, 1.54) is 6.07 Å². The second-order valence-electron chi connectivity index (χ2n) is 3.72. The third-order valence-corrected chi connectivity index (χ3v) is 2.93. The molecule has 0 unspecified atom stereocenters. The Kier molecular flexibility index (Phi) is 2.20. The van der Waals surface area contributed by atoms with Crippen LogP contribution in [0.1, 0.15) is 0 Å². The van der Waals surface area contributed by atoms with E-state index < -0.39 is 16.2 Å². The Morgan fingerprint density at radius 2 is 2.11 bits per heavy atom. The van der Waals surface area contributed by atoms with E-state index in [2.05, 4.69) is 15.2 Å². The molecule has 1 aromatic carbocycles. The number of nitrogens with zero attached hydrogens (tertiary/aromatic N) is 3. The number of benzene rings is 1. The van der Waals surface area contributed by atoms with Crippen LogP contribution < -0.4 is 11.2 Å². The summed E-state index contributed by atoms with van der Waals surface area (Å²) in [4.78, 5) is 35.8. The molecule has 3 aromatic rings. The van der Waals surface area contributed by atoms with Crippen molar-refractivity contribution in [1.29, 1.82) is 0 Å². The zero-order valence-electron chi connectivity index (χ0n) is 9.01. The van der Waals surface area contributed by atoms with Gasteiger partial charge in [0.15, 0.2) is 0 Å². The van der Waals surface area contributed by atoms with Crippen LogP contribution in [0.3, 0.4) is 0 Å². The minimum atomic E-state index is -0.678. The molecule has 9 nitrogen and oxygen atoms in total. The van der Waals surface area contributed by atoms with Gasteiger partial charge >= 0.3 is 5.69 Å². The van der Waals surface area contributed by atoms with Crippen molar-refractivity contribution in [3.63, 3.8) is 0 Å². The van der Waals surface area contributed by atoms with Crippen molar-refractivity contribution in [2.45, 2.75) is 0 Å². The van der Waals surface area contributed by atoms with E-state index in [0.717, 1.165) is 10.5 Å². The number of H-pyrrole nitrogens is 2. The predicted molar refractivity (Wildman–Crippen MR) is 65.6 cm³/mol. The minimum Gasteiger partial charge on any atom is -0.317 e. The molecule has 0 fully saturated rings. The third kappa shape index (κ3) is 1.52. The van der Waals surface area contributed by atoms with Gasteiger partial charge in [-0.05, 0) is 6.07 Å². The maximum atomic E-state index is 11.7. The van der Waals surface area contributed by atoms with E-state index in [0.29, 0.717) is 0 Å². The predicted octanol–water partition coefficient (Wildman–Crippen LogP) is 0.426. The van der Waals surface area contributed by atoms with Crippen LogP contribution in [0.4, 0.5) is 5.69 Å². The normalized spacial score (nSPS) is 11.2. The fourth-order valence-corrected chi connectivity index (χ4v) is 2.05. The number of fused-ring (bicyclic) bond motifs is 3. The Morgan fingerprint density at radius 3 is 2.79 bits per heavy atom. The van der Waals surface area contributed by atoms with Crippen LogP contribution in [-0.4, -0.2) is 24.5 Å². The highest BCUT2D eigenvalue weighted by molar-refractivity contribution is 6.33. The van der Waals surface area contributed by atoms with Gasteiger partial charge in [0.1, 0.15) is 5.02 Å². The van der Waals surface area contributed by atoms with E-state index in [4.69, 9.17) is 11.6 Å². The number of hydrogen-bond donors (Lipinski definition) is 2. The molecule has 10 heteroatoms. The van der Waals surface area contributed by atoms with Gasteiger partial charge in [-0.1, -0.05) is 11.6 Å². The summed E-state index contributed by atoms with van der Waals surface area (Å²) >= 11 is 5.78. The standard InChI is InChI=1S/C9H4ClN5O4/c10-3-1-6-4(2-5(3)15(18)19)11-8(16)7-12-13-9(17)14(6)7/h1-2H,(H,11,16)(H,13,17). The molecule has 2 aromatic heterocycles. The van der Waals surface area contributed by atoms with E-state index in [9.17, 15) is 19.7 Å². The van der Waals surface area contributed by atoms with Gasteiger partial charge in [-0.15, -0.1) is 5.10 Å². The molecule has 0 atom stereocenters. The first-order chi connectivity index (χ1) is 8.99. The van der Waals surface area contributed by atoms with Gasteiger partial charge in [0, 0.05) is 6.07 Å². The first kappa shape index (κ1) is 11.4. The lowest BCUT2D eigenvalue weighted by atomic mass is 10.2. The van der Waals surface area contributed by atoms with Crippen molar-refractivity contribution in [2.24, 2.45) is 0 Å². The molecule has 0 aliphatic heterocycles. The first-order valence-electron chi connectivity index (χ1n) is 4.96. The molecule has 2 N–H and O–H groups in total. The summed E-state index contributed by atoms with van der Waals surface area (Å²) in [7, 11) is 0. The number of aromatic amines is 2. The summed E-state index contributed by atoms with van der Waals surface area (Å²) in [6.45, 7) is 0. The average molecular weight is 282 g/mol. The Labute approximate surface area is 107 Å². The molecular formula is C9H4ClN5O4. The number of nitro groups is 1. The summed E-state index contributed by atoms with van der Waals surface area (Å²) < 4.78 is 1.00. The van der Waals surface area contributed by atoms with Gasteiger partial charge in [-0.25, -0.2) is 14.3 Å². The zero-order chi connectivity index (χ0) is 13.7. The average Bonchev–Trinajstić information content (AvgIpc) is 2.73. The summed E-state index contributed by atoms with van der Waals surface area (Å²) in [5, 5.41) is 16.3. The first-order valence-corrected chi connectivity index (χ1v) is 5.34. The summed E-state index contributed by atoms with van der Waals surface area (Å²) in [5.74, 6) is 0. The molecule has 19 heavy (non-hydrogen) atoms. The molecule has 96 valence electrons. The Morgan fingerprint density at radius 1 is 1.37 bits per heavy atom. The summed E-state index contributed by atoms with van der Waals surface area (Å²) in [5.41, 5.74) is -1.41. The van der Waals surface area contributed by atoms with Crippen LogP contribution >= 0.6 is 11.6 Å². The van der Waals surface area contributed by atoms with E-state index >= 15 is 0 Å². The van der Waals surface area contributed by atoms with Crippen LogP contribution in [-0.2, 0) is 0 Å². The van der Waals surface area contributed by atoms with Crippen molar-refractivity contribution in [2.75, 3.05) is 0 Å². The molecule has 0 amide bonds. The van der Waals surface area contributed by atoms with Crippen molar-refractivity contribution < 1.29 is 4.92 Å². The van der Waals surface area contributed by atoms with Crippen LogP contribution in [0.15, 0.2) is 21.7 Å². The van der Waals surface area contributed by atoms with Crippen LogP contribution in [0.5, 0.6) is 0 Å². The highest BCUT2D eigenvalue weighted by Gasteiger charge is 2.17. The zero-order valence-corrected chi connectivity index (χ0v) is 9.76. The number of halogens is 1. The van der Waals surface area contributed by atoms with Crippen LogP contribution in [0.2, 0.25) is 5.02 Å². The lowest BCUT2D eigenvalue weighted by Gasteiger charge is -2.01. The second-order valence-corrected chi connectivity index (χ2v) is 4.13. The maximum absolute atomic E-state index is 11.7. The van der Waals surface area contributed by atoms with E-state index in [1.807, 2.05) is 0 Å². The van der Waals surface area contributed by atoms with Gasteiger partial charge in [-0.2, -0.15) is 0 Å². The minimum absolute atomic E-state index is 0.122. The number of hydrogen-bond acceptors (Lipinski definition) is 5. The fourth-order valence-electron chi connectivity index (χ4n) is 1.83. The molecule has 0 aliphatic carbocycles. The topological polar surface area (TPSA) is 126 Å². The van der Waals surface area contributed by atoms with Crippen LogP contribution in [0, 0.1) is 10.1 Å². The number of nitro benzene ring substituents is 1. The molecule has 0 saturated heterocycles. The fraction of sp³-hybridized carbons (Fsp3) is 0. The molecule has 0 bridgehead atoms. The summed E-state index contributed by atoms with van der Waals surface area (Å²) in [6, 6.07) is 2.33. The number of rotatable bonds is 1. The third-order valence-electron chi connectivity index (χ3n) is 2.63. The highest BCUT2D eigenvalue weighted by Crippen LogP contribution is 2.28. The maximum Gasteiger partial charge on any atom is 0.348 e. The summed E-state index contributed by atoms with van der Waals surface area (Å²) in [6.07, 6.45) is 0. The molecular weight excluding hydrogens is 278 g/mol.